The van der Waals surface area contributed by atoms with Crippen molar-refractivity contribution in [3.05, 3.63) is 59.7 Å². The smallest absolute Gasteiger partial charge is 0.407 e. The van der Waals surface area contributed by atoms with E-state index in [0.29, 0.717) is 0 Å². The van der Waals surface area contributed by atoms with Crippen molar-refractivity contribution >= 4 is 6.09 Å². The molecule has 4 nitrogen and oxygen atoms in total. The number of aliphatic hydroxyl groups is 1. The zero-order chi connectivity index (χ0) is 19.7. The van der Waals surface area contributed by atoms with E-state index in [1.807, 2.05) is 48.5 Å². The van der Waals surface area contributed by atoms with Gasteiger partial charge in [-0.2, -0.15) is 13.2 Å². The van der Waals surface area contributed by atoms with Gasteiger partial charge < -0.3 is 15.2 Å². The van der Waals surface area contributed by atoms with Crippen molar-refractivity contribution in [3.8, 4) is 11.1 Å². The Hall–Kier alpha value is -2.54. The Kier molecular flexibility index (Phi) is 5.15. The van der Waals surface area contributed by atoms with Gasteiger partial charge in [0.15, 0.2) is 0 Å². The van der Waals surface area contributed by atoms with E-state index in [0.717, 1.165) is 29.2 Å². The highest BCUT2D eigenvalue weighted by Gasteiger charge is 2.40. The molecule has 0 bridgehead atoms. The van der Waals surface area contributed by atoms with Crippen LogP contribution in [-0.2, 0) is 4.74 Å². The molecule has 0 saturated carbocycles. The van der Waals surface area contributed by atoms with Crippen molar-refractivity contribution in [1.82, 2.24) is 5.32 Å². The molecule has 1 atom stereocenters. The van der Waals surface area contributed by atoms with Gasteiger partial charge in [-0.25, -0.2) is 4.79 Å². The molecule has 1 unspecified atom stereocenters. The largest absolute Gasteiger partial charge is 0.449 e. The first-order valence-electron chi connectivity index (χ1n) is 8.53. The number of carbonyl (C=O) groups excluding carboxylic acids is 1. The van der Waals surface area contributed by atoms with Crippen LogP contribution in [0.25, 0.3) is 11.1 Å². The molecule has 3 rings (SSSR count). The lowest BCUT2D eigenvalue weighted by molar-refractivity contribution is -0.151. The van der Waals surface area contributed by atoms with E-state index >= 15 is 0 Å². The number of rotatable bonds is 5. The highest BCUT2D eigenvalue weighted by Crippen LogP contribution is 2.44. The van der Waals surface area contributed by atoms with Gasteiger partial charge in [0.25, 0.3) is 0 Å². The normalized spacial score (nSPS) is 15.6. The van der Waals surface area contributed by atoms with Gasteiger partial charge >= 0.3 is 12.3 Å². The number of aliphatic hydroxyl groups excluding tert-OH is 1. The molecule has 0 fully saturated rings. The van der Waals surface area contributed by atoms with Crippen LogP contribution in [0.2, 0.25) is 0 Å². The molecule has 0 aromatic heterocycles. The third-order valence-corrected chi connectivity index (χ3v) is 4.69. The third kappa shape index (κ3) is 4.24. The standard InChI is InChI=1S/C20H20F3NO3/c1-19(12-25,11-20(21,22)23)24-18(26)27-10-17-15-8-4-2-6-13(15)14-7-3-5-9-16(14)17/h2-9,17,25H,10-12H2,1H3,(H,24,26). The average Bonchev–Trinajstić information content (AvgIpc) is 2.92. The molecule has 2 N–H and O–H groups in total. The number of nitrogens with one attached hydrogen (secondary N) is 1. The predicted molar refractivity (Wildman–Crippen MR) is 94.4 cm³/mol. The van der Waals surface area contributed by atoms with Gasteiger partial charge in [0.05, 0.1) is 18.6 Å². The maximum Gasteiger partial charge on any atom is 0.407 e. The summed E-state index contributed by atoms with van der Waals surface area (Å²) in [5.41, 5.74) is 2.29. The minimum absolute atomic E-state index is 0.00656. The summed E-state index contributed by atoms with van der Waals surface area (Å²) in [7, 11) is 0. The topological polar surface area (TPSA) is 58.6 Å². The number of carbonyl (C=O) groups is 1. The van der Waals surface area contributed by atoms with Gasteiger partial charge in [-0.15, -0.1) is 0 Å². The number of ether oxygens (including phenoxy) is 1. The van der Waals surface area contributed by atoms with Gasteiger partial charge in [-0.3, -0.25) is 0 Å². The Morgan fingerprint density at radius 1 is 1.07 bits per heavy atom. The van der Waals surface area contributed by atoms with Gasteiger partial charge in [0.1, 0.15) is 6.61 Å². The second-order valence-electron chi connectivity index (χ2n) is 6.96. The van der Waals surface area contributed by atoms with Crippen LogP contribution in [0.1, 0.15) is 30.4 Å². The summed E-state index contributed by atoms with van der Waals surface area (Å²) in [4.78, 5) is 12.1. The summed E-state index contributed by atoms with van der Waals surface area (Å²) in [6.45, 7) is 0.270. The van der Waals surface area contributed by atoms with Crippen molar-refractivity contribution in [2.24, 2.45) is 0 Å². The molecule has 0 radical (unpaired) electrons. The fraction of sp³-hybridized carbons (Fsp3) is 0.350. The first-order chi connectivity index (χ1) is 12.7. The quantitative estimate of drug-likeness (QED) is 0.818. The summed E-state index contributed by atoms with van der Waals surface area (Å²) in [5, 5.41) is 11.4. The molecule has 0 aliphatic heterocycles. The van der Waals surface area contributed by atoms with Crippen molar-refractivity contribution in [3.63, 3.8) is 0 Å². The van der Waals surface area contributed by atoms with E-state index in [1.54, 1.807) is 0 Å². The van der Waals surface area contributed by atoms with Gasteiger partial charge in [-0.1, -0.05) is 48.5 Å². The molecule has 2 aromatic rings. The molecule has 1 amide bonds. The van der Waals surface area contributed by atoms with Crippen LogP contribution in [0, 0.1) is 0 Å². The molecule has 27 heavy (non-hydrogen) atoms. The summed E-state index contributed by atoms with van der Waals surface area (Å²) in [6, 6.07) is 15.5. The molecule has 1 aliphatic rings. The van der Waals surface area contributed by atoms with E-state index in [4.69, 9.17) is 4.74 Å². The van der Waals surface area contributed by atoms with Crippen LogP contribution in [0.15, 0.2) is 48.5 Å². The molecule has 1 aliphatic carbocycles. The first-order valence-corrected chi connectivity index (χ1v) is 8.53. The number of fused-ring (bicyclic) bond motifs is 3. The number of hydrogen-bond donors (Lipinski definition) is 2. The van der Waals surface area contributed by atoms with Crippen molar-refractivity contribution < 1.29 is 27.8 Å². The highest BCUT2D eigenvalue weighted by atomic mass is 19.4. The summed E-state index contributed by atoms with van der Waals surface area (Å²) in [5.74, 6) is -0.189. The van der Waals surface area contributed by atoms with Crippen LogP contribution in [0.5, 0.6) is 0 Å². The van der Waals surface area contributed by atoms with Crippen molar-refractivity contribution in [1.29, 1.82) is 0 Å². The lowest BCUT2D eigenvalue weighted by Gasteiger charge is -2.29. The van der Waals surface area contributed by atoms with Crippen LogP contribution in [-0.4, -0.2) is 36.1 Å². The van der Waals surface area contributed by atoms with Crippen LogP contribution in [0.4, 0.5) is 18.0 Å². The van der Waals surface area contributed by atoms with E-state index in [1.165, 1.54) is 0 Å². The van der Waals surface area contributed by atoms with E-state index in [2.05, 4.69) is 5.32 Å². The SMILES string of the molecule is CC(CO)(CC(F)(F)F)NC(=O)OCC1c2ccccc2-c2ccccc21. The predicted octanol–water partition coefficient (Wildman–Crippen LogP) is 4.23. The molecule has 144 valence electrons. The first kappa shape index (κ1) is 19.2. The Bertz CT molecular complexity index is 792. The monoisotopic (exact) mass is 379 g/mol. The van der Waals surface area contributed by atoms with Gasteiger partial charge in [0, 0.05) is 5.92 Å². The molecule has 7 heteroatoms. The van der Waals surface area contributed by atoms with Gasteiger partial charge in [-0.05, 0) is 29.2 Å². The van der Waals surface area contributed by atoms with E-state index in [9.17, 15) is 23.1 Å². The van der Waals surface area contributed by atoms with Crippen LogP contribution in [0.3, 0.4) is 0 Å². The molecular formula is C20H20F3NO3. The van der Waals surface area contributed by atoms with Crippen LogP contribution < -0.4 is 5.32 Å². The fourth-order valence-corrected chi connectivity index (χ4v) is 3.46. The summed E-state index contributed by atoms with van der Waals surface area (Å²) >= 11 is 0. The molecule has 0 spiro atoms. The second kappa shape index (κ2) is 7.23. The number of benzene rings is 2. The number of hydrogen-bond acceptors (Lipinski definition) is 3. The second-order valence-corrected chi connectivity index (χ2v) is 6.96. The molecular weight excluding hydrogens is 359 g/mol. The zero-order valence-electron chi connectivity index (χ0n) is 14.7. The summed E-state index contributed by atoms with van der Waals surface area (Å²) in [6.07, 6.45) is -6.85. The minimum atomic E-state index is -4.52. The van der Waals surface area contributed by atoms with E-state index < -0.39 is 30.8 Å². The van der Waals surface area contributed by atoms with E-state index in [-0.39, 0.29) is 12.5 Å². The maximum atomic E-state index is 12.6. The van der Waals surface area contributed by atoms with Crippen molar-refractivity contribution in [2.45, 2.75) is 31.0 Å². The highest BCUT2D eigenvalue weighted by molar-refractivity contribution is 5.79. The number of alkyl halides is 3. The number of alkyl carbamates (subject to hydrolysis) is 1. The van der Waals surface area contributed by atoms with Gasteiger partial charge in [0.2, 0.25) is 0 Å². The van der Waals surface area contributed by atoms with Crippen LogP contribution >= 0.6 is 0 Å². The Morgan fingerprint density at radius 2 is 1.59 bits per heavy atom. The molecule has 2 aromatic carbocycles. The molecule has 0 heterocycles. The number of halogens is 3. The molecule has 0 saturated heterocycles. The summed E-state index contributed by atoms with van der Waals surface area (Å²) < 4.78 is 43.2. The Labute approximate surface area is 155 Å². The third-order valence-electron chi connectivity index (χ3n) is 4.69. The average molecular weight is 379 g/mol. The Morgan fingerprint density at radius 3 is 2.07 bits per heavy atom. The fourth-order valence-electron chi connectivity index (χ4n) is 3.46. The maximum absolute atomic E-state index is 12.6. The van der Waals surface area contributed by atoms with Crippen molar-refractivity contribution in [2.75, 3.05) is 13.2 Å². The minimum Gasteiger partial charge on any atom is -0.449 e. The lowest BCUT2D eigenvalue weighted by Crippen LogP contribution is -2.51. The Balaban J connectivity index is 1.71. The zero-order valence-corrected chi connectivity index (χ0v) is 14.7. The number of amides is 1. The lowest BCUT2D eigenvalue weighted by atomic mass is 9.98.